The minimum atomic E-state index is -0.291. The number of hydrogen-bond acceptors (Lipinski definition) is 4. The lowest BCUT2D eigenvalue weighted by atomic mass is 9.75. The fourth-order valence-electron chi connectivity index (χ4n) is 4.03. The number of dihydropyridines is 1. The van der Waals surface area contributed by atoms with Gasteiger partial charge < -0.3 is 14.8 Å². The van der Waals surface area contributed by atoms with Gasteiger partial charge in [0.15, 0.2) is 0 Å². The van der Waals surface area contributed by atoms with E-state index in [-0.39, 0.29) is 11.7 Å². The van der Waals surface area contributed by atoms with Gasteiger partial charge in [0.25, 0.3) is 0 Å². The molecule has 0 radical (unpaired) electrons. The highest BCUT2D eigenvalue weighted by Crippen LogP contribution is 2.45. The third kappa shape index (κ3) is 3.01. The fraction of sp³-hybridized carbons (Fsp3) is 0.261. The highest BCUT2D eigenvalue weighted by atomic mass is 19.1. The Bertz CT molecular complexity index is 1020. The summed E-state index contributed by atoms with van der Waals surface area (Å²) in [5.74, 6) is 0.757. The molecule has 2 aromatic carbocycles. The number of hydrogen-bond donors (Lipinski definition) is 1. The smallest absolute Gasteiger partial charge is 0.206 e. The molecule has 4 nitrogen and oxygen atoms in total. The molecule has 1 atom stereocenters. The van der Waals surface area contributed by atoms with Gasteiger partial charge in [-0.2, -0.15) is 5.26 Å². The van der Waals surface area contributed by atoms with E-state index in [1.165, 1.54) is 17.7 Å². The minimum absolute atomic E-state index is 0.251. The Morgan fingerprint density at radius 3 is 2.64 bits per heavy atom. The number of nitriles is 1. The molecule has 4 rings (SSSR count). The zero-order chi connectivity index (χ0) is 19.7. The van der Waals surface area contributed by atoms with E-state index in [2.05, 4.69) is 17.5 Å². The van der Waals surface area contributed by atoms with Crippen LogP contribution in [0.1, 0.15) is 36.0 Å². The van der Waals surface area contributed by atoms with Gasteiger partial charge in [-0.3, -0.25) is 0 Å². The second-order valence-electron chi connectivity index (χ2n) is 6.82. The largest absolute Gasteiger partial charge is 0.497 e. The quantitative estimate of drug-likeness (QED) is 0.844. The van der Waals surface area contributed by atoms with Crippen molar-refractivity contribution in [2.75, 3.05) is 13.7 Å². The summed E-state index contributed by atoms with van der Waals surface area (Å²) in [6, 6.07) is 14.7. The maximum Gasteiger partial charge on any atom is 0.206 e. The Labute approximate surface area is 163 Å². The van der Waals surface area contributed by atoms with Crippen LogP contribution in [0.15, 0.2) is 59.5 Å². The van der Waals surface area contributed by atoms with Gasteiger partial charge in [0.05, 0.1) is 13.7 Å². The number of halogens is 1. The molecular weight excluding hydrogens is 355 g/mol. The highest BCUT2D eigenvalue weighted by Gasteiger charge is 2.35. The summed E-state index contributed by atoms with van der Waals surface area (Å²) in [6.45, 7) is 2.34. The van der Waals surface area contributed by atoms with Crippen molar-refractivity contribution in [3.05, 3.63) is 82.0 Å². The Morgan fingerprint density at radius 2 is 1.96 bits per heavy atom. The molecule has 0 aromatic heterocycles. The zero-order valence-corrected chi connectivity index (χ0v) is 15.9. The molecule has 28 heavy (non-hydrogen) atoms. The first-order valence-electron chi connectivity index (χ1n) is 9.36. The topological polar surface area (TPSA) is 54.3 Å². The molecule has 0 amide bonds. The van der Waals surface area contributed by atoms with E-state index in [4.69, 9.17) is 9.47 Å². The fourth-order valence-corrected chi connectivity index (χ4v) is 4.03. The summed E-state index contributed by atoms with van der Waals surface area (Å²) in [5.41, 5.74) is 5.80. The molecular formula is C23H21FN2O2. The Balaban J connectivity index is 1.89. The molecule has 5 heteroatoms. The maximum atomic E-state index is 13.5. The predicted octanol–water partition coefficient (Wildman–Crippen LogP) is 4.65. The summed E-state index contributed by atoms with van der Waals surface area (Å²) in [4.78, 5) is 0. The summed E-state index contributed by atoms with van der Waals surface area (Å²) < 4.78 is 24.6. The predicted molar refractivity (Wildman–Crippen MR) is 105 cm³/mol. The van der Waals surface area contributed by atoms with Crippen molar-refractivity contribution in [2.24, 2.45) is 0 Å². The molecule has 1 aliphatic carbocycles. The van der Waals surface area contributed by atoms with E-state index < -0.39 is 0 Å². The molecule has 1 unspecified atom stereocenters. The molecule has 1 heterocycles. The van der Waals surface area contributed by atoms with Gasteiger partial charge >= 0.3 is 0 Å². The van der Waals surface area contributed by atoms with E-state index >= 15 is 0 Å². The zero-order valence-electron chi connectivity index (χ0n) is 15.9. The summed E-state index contributed by atoms with van der Waals surface area (Å²) in [7, 11) is 1.66. The number of fused-ring (bicyclic) bond motifs is 2. The van der Waals surface area contributed by atoms with Crippen molar-refractivity contribution in [3.63, 3.8) is 0 Å². The van der Waals surface area contributed by atoms with E-state index in [1.54, 1.807) is 19.2 Å². The van der Waals surface area contributed by atoms with Gasteiger partial charge in [0, 0.05) is 17.2 Å². The number of nitrogens with zero attached hydrogens (tertiary/aromatic N) is 1. The molecule has 0 bridgehead atoms. The van der Waals surface area contributed by atoms with E-state index in [0.29, 0.717) is 18.1 Å². The van der Waals surface area contributed by atoms with Crippen LogP contribution in [-0.4, -0.2) is 13.7 Å². The summed E-state index contributed by atoms with van der Waals surface area (Å²) >= 11 is 0. The van der Waals surface area contributed by atoms with Crippen LogP contribution in [0.3, 0.4) is 0 Å². The van der Waals surface area contributed by atoms with Gasteiger partial charge in [-0.15, -0.1) is 0 Å². The number of nitrogens with one attached hydrogen (secondary N) is 1. The number of rotatable bonds is 4. The van der Waals surface area contributed by atoms with E-state index in [0.717, 1.165) is 41.0 Å². The van der Waals surface area contributed by atoms with Crippen molar-refractivity contribution < 1.29 is 13.9 Å². The molecule has 142 valence electrons. The van der Waals surface area contributed by atoms with Crippen molar-refractivity contribution in [1.29, 1.82) is 5.26 Å². The number of ether oxygens (including phenoxy) is 2. The second-order valence-corrected chi connectivity index (χ2v) is 6.82. The normalized spacial score (nSPS) is 18.0. The van der Waals surface area contributed by atoms with Crippen LogP contribution in [0, 0.1) is 17.1 Å². The van der Waals surface area contributed by atoms with Gasteiger partial charge in [-0.05, 0) is 66.8 Å². The number of methoxy groups -OCH3 is 1. The van der Waals surface area contributed by atoms with Crippen LogP contribution in [0.4, 0.5) is 4.39 Å². The molecule has 0 saturated heterocycles. The summed E-state index contributed by atoms with van der Waals surface area (Å²) in [6.07, 6.45) is 1.66. The van der Waals surface area contributed by atoms with Crippen LogP contribution < -0.4 is 10.1 Å². The average Bonchev–Trinajstić information content (AvgIpc) is 2.73. The second kappa shape index (κ2) is 7.40. The lowest BCUT2D eigenvalue weighted by Crippen LogP contribution is -2.29. The first kappa shape index (κ1) is 18.1. The monoisotopic (exact) mass is 376 g/mol. The lowest BCUT2D eigenvalue weighted by molar-refractivity contribution is 0.209. The lowest BCUT2D eigenvalue weighted by Gasteiger charge is -2.35. The van der Waals surface area contributed by atoms with Crippen LogP contribution >= 0.6 is 0 Å². The van der Waals surface area contributed by atoms with Gasteiger partial charge in [-0.1, -0.05) is 12.1 Å². The Hall–Kier alpha value is -3.26. The Kier molecular flexibility index (Phi) is 4.79. The number of aryl methyl sites for hydroxylation is 1. The third-order valence-corrected chi connectivity index (χ3v) is 5.30. The van der Waals surface area contributed by atoms with Crippen LogP contribution in [0.25, 0.3) is 5.70 Å². The first-order valence-corrected chi connectivity index (χ1v) is 9.36. The van der Waals surface area contributed by atoms with Crippen LogP contribution in [0.2, 0.25) is 0 Å². The van der Waals surface area contributed by atoms with Crippen molar-refractivity contribution in [1.82, 2.24) is 5.32 Å². The van der Waals surface area contributed by atoms with Gasteiger partial charge in [-0.25, -0.2) is 4.39 Å². The van der Waals surface area contributed by atoms with Crippen molar-refractivity contribution in [2.45, 2.75) is 25.7 Å². The van der Waals surface area contributed by atoms with Crippen LogP contribution in [0.5, 0.6) is 5.75 Å². The van der Waals surface area contributed by atoms with E-state index in [9.17, 15) is 9.65 Å². The standard InChI is InChI=1S/C23H21FN2O2/c1-3-28-23-20(13-25)21(14-4-7-16(24)8-5-14)19-10-6-15-12-17(27-2)9-11-18(15)22(19)26-23/h4-5,7-9,11-12,21,26H,3,6,10H2,1-2H3. The third-order valence-electron chi connectivity index (χ3n) is 5.30. The summed E-state index contributed by atoms with van der Waals surface area (Å²) in [5, 5.41) is 13.2. The van der Waals surface area contributed by atoms with Crippen molar-refractivity contribution in [3.8, 4) is 11.8 Å². The minimum Gasteiger partial charge on any atom is -0.497 e. The van der Waals surface area contributed by atoms with E-state index in [1.807, 2.05) is 19.1 Å². The molecule has 0 fully saturated rings. The van der Waals surface area contributed by atoms with Gasteiger partial charge in [0.2, 0.25) is 5.88 Å². The molecule has 2 aromatic rings. The Morgan fingerprint density at radius 1 is 1.18 bits per heavy atom. The molecule has 1 N–H and O–H groups in total. The molecule has 2 aliphatic rings. The van der Waals surface area contributed by atoms with Gasteiger partial charge in [0.1, 0.15) is 23.2 Å². The highest BCUT2D eigenvalue weighted by molar-refractivity contribution is 5.78. The SMILES string of the molecule is CCOC1=C(C#N)C(c2ccc(F)cc2)C2=C(N1)c1ccc(OC)cc1CC2. The van der Waals surface area contributed by atoms with Crippen molar-refractivity contribution >= 4 is 5.70 Å². The maximum absolute atomic E-state index is 13.5. The van der Waals surface area contributed by atoms with Crippen LogP contribution in [-0.2, 0) is 11.2 Å². The number of benzene rings is 2. The molecule has 0 spiro atoms. The first-order chi connectivity index (χ1) is 13.7. The average molecular weight is 376 g/mol. The molecule has 0 saturated carbocycles. The molecule has 1 aliphatic heterocycles. The number of allylic oxidation sites excluding steroid dienone is 2.